The van der Waals surface area contributed by atoms with Crippen LogP contribution in [0.1, 0.15) is 31.2 Å². The van der Waals surface area contributed by atoms with E-state index >= 15 is 0 Å². The number of aliphatic hydroxyl groups is 1. The molecule has 0 heterocycles. The lowest BCUT2D eigenvalue weighted by atomic mass is 10.1. The van der Waals surface area contributed by atoms with Crippen molar-refractivity contribution in [2.75, 3.05) is 19.7 Å². The highest BCUT2D eigenvalue weighted by Crippen LogP contribution is 2.23. The molecule has 0 atom stereocenters. The van der Waals surface area contributed by atoms with Crippen LogP contribution in [0.25, 0.3) is 5.57 Å². The molecule has 0 aromatic heterocycles. The van der Waals surface area contributed by atoms with E-state index < -0.39 is 0 Å². The van der Waals surface area contributed by atoms with E-state index in [1.807, 2.05) is 18.2 Å². The lowest BCUT2D eigenvalue weighted by Crippen LogP contribution is -2.38. The van der Waals surface area contributed by atoms with Crippen molar-refractivity contribution in [2.45, 2.75) is 25.7 Å². The molecular formula is C17H23ClN2O2. The molecule has 0 saturated heterocycles. The number of rotatable bonds is 6. The number of amides is 2. The largest absolute Gasteiger partial charge is 0.392 e. The van der Waals surface area contributed by atoms with Gasteiger partial charge in [-0.2, -0.15) is 0 Å². The average Bonchev–Trinajstić information content (AvgIpc) is 3.02. The summed E-state index contributed by atoms with van der Waals surface area (Å²) in [6.07, 6.45) is 6.64. The van der Waals surface area contributed by atoms with Gasteiger partial charge in [-0.05, 0) is 42.0 Å². The average molecular weight is 323 g/mol. The zero-order chi connectivity index (χ0) is 15.8. The van der Waals surface area contributed by atoms with Crippen LogP contribution in [-0.2, 0) is 0 Å². The van der Waals surface area contributed by atoms with Gasteiger partial charge in [0.25, 0.3) is 0 Å². The Labute approximate surface area is 136 Å². The fourth-order valence-electron chi connectivity index (χ4n) is 2.78. The standard InChI is InChI=1S/C17H23ClN2O2/c18-16-7-3-6-14(10-16)15(8-9-21)12-20-17(22)19-11-13-4-1-2-5-13/h3,6-8,10,13,21H,1-2,4-5,9,11-12H2,(H2,19,20,22)/b15-8-. The summed E-state index contributed by atoms with van der Waals surface area (Å²) in [6.45, 7) is 1.02. The van der Waals surface area contributed by atoms with Gasteiger partial charge in [-0.3, -0.25) is 0 Å². The summed E-state index contributed by atoms with van der Waals surface area (Å²) in [6, 6.07) is 7.21. The number of nitrogens with one attached hydrogen (secondary N) is 2. The lowest BCUT2D eigenvalue weighted by Gasteiger charge is -2.13. The van der Waals surface area contributed by atoms with Crippen LogP contribution in [0.3, 0.4) is 0 Å². The first-order valence-corrected chi connectivity index (χ1v) is 8.14. The van der Waals surface area contributed by atoms with E-state index in [2.05, 4.69) is 10.6 Å². The molecule has 1 aromatic rings. The lowest BCUT2D eigenvalue weighted by molar-refractivity contribution is 0.240. The SMILES string of the molecule is O=C(NC/C(=C/CO)c1cccc(Cl)c1)NCC1CCCC1. The number of hydrogen-bond donors (Lipinski definition) is 3. The summed E-state index contributed by atoms with van der Waals surface area (Å²) >= 11 is 5.98. The minimum atomic E-state index is -0.169. The molecule has 1 aromatic carbocycles. The normalized spacial score (nSPS) is 15.8. The summed E-state index contributed by atoms with van der Waals surface area (Å²) in [5, 5.41) is 15.5. The predicted molar refractivity (Wildman–Crippen MR) is 89.9 cm³/mol. The first-order chi connectivity index (χ1) is 10.7. The molecule has 0 spiro atoms. The second-order valence-electron chi connectivity index (χ2n) is 5.64. The summed E-state index contributed by atoms with van der Waals surface area (Å²) in [4.78, 5) is 11.9. The molecule has 0 aliphatic heterocycles. The maximum Gasteiger partial charge on any atom is 0.315 e. The minimum absolute atomic E-state index is 0.0762. The first kappa shape index (κ1) is 16.8. The van der Waals surface area contributed by atoms with Gasteiger partial charge in [0, 0.05) is 18.1 Å². The second kappa shape index (κ2) is 8.81. The third kappa shape index (κ3) is 5.35. The number of hydrogen-bond acceptors (Lipinski definition) is 2. The Morgan fingerprint density at radius 2 is 2.09 bits per heavy atom. The third-order valence-corrected chi connectivity index (χ3v) is 4.23. The molecule has 1 saturated carbocycles. The molecule has 22 heavy (non-hydrogen) atoms. The summed E-state index contributed by atoms with van der Waals surface area (Å²) < 4.78 is 0. The van der Waals surface area contributed by atoms with Crippen molar-refractivity contribution in [1.82, 2.24) is 10.6 Å². The van der Waals surface area contributed by atoms with Crippen molar-refractivity contribution in [3.63, 3.8) is 0 Å². The summed E-state index contributed by atoms with van der Waals surface area (Å²) in [7, 11) is 0. The van der Waals surface area contributed by atoms with Crippen LogP contribution in [-0.4, -0.2) is 30.8 Å². The van der Waals surface area contributed by atoms with Crippen LogP contribution < -0.4 is 10.6 Å². The second-order valence-corrected chi connectivity index (χ2v) is 6.07. The van der Waals surface area contributed by atoms with Gasteiger partial charge >= 0.3 is 6.03 Å². The minimum Gasteiger partial charge on any atom is -0.392 e. The molecule has 1 fully saturated rings. The molecule has 0 bridgehead atoms. The van der Waals surface area contributed by atoms with E-state index in [9.17, 15) is 4.79 Å². The molecule has 5 heteroatoms. The zero-order valence-corrected chi connectivity index (χ0v) is 13.4. The van der Waals surface area contributed by atoms with Crippen molar-refractivity contribution in [3.05, 3.63) is 40.9 Å². The summed E-state index contributed by atoms with van der Waals surface area (Å²) in [5.74, 6) is 0.617. The molecule has 120 valence electrons. The Balaban J connectivity index is 1.83. The van der Waals surface area contributed by atoms with Gasteiger partial charge in [0.15, 0.2) is 0 Å². The van der Waals surface area contributed by atoms with Crippen molar-refractivity contribution in [2.24, 2.45) is 5.92 Å². The van der Waals surface area contributed by atoms with Crippen LogP contribution in [0.5, 0.6) is 0 Å². The molecule has 4 nitrogen and oxygen atoms in total. The highest BCUT2D eigenvalue weighted by molar-refractivity contribution is 6.30. The molecule has 3 N–H and O–H groups in total. The van der Waals surface area contributed by atoms with E-state index in [1.165, 1.54) is 25.7 Å². The molecule has 2 amide bonds. The van der Waals surface area contributed by atoms with Crippen LogP contribution >= 0.6 is 11.6 Å². The van der Waals surface area contributed by atoms with Crippen molar-refractivity contribution >= 4 is 23.2 Å². The number of aliphatic hydroxyl groups excluding tert-OH is 1. The van der Waals surface area contributed by atoms with E-state index in [1.54, 1.807) is 12.1 Å². The number of urea groups is 1. The topological polar surface area (TPSA) is 61.4 Å². The molecular weight excluding hydrogens is 300 g/mol. The first-order valence-electron chi connectivity index (χ1n) is 7.76. The van der Waals surface area contributed by atoms with Gasteiger partial charge in [0.1, 0.15) is 0 Å². The third-order valence-electron chi connectivity index (χ3n) is 4.00. The molecule has 0 unspecified atom stereocenters. The Kier molecular flexibility index (Phi) is 6.74. The van der Waals surface area contributed by atoms with E-state index in [0.29, 0.717) is 17.5 Å². The highest BCUT2D eigenvalue weighted by Gasteiger charge is 2.15. The van der Waals surface area contributed by atoms with Crippen LogP contribution in [0, 0.1) is 5.92 Å². The quantitative estimate of drug-likeness (QED) is 0.753. The van der Waals surface area contributed by atoms with Gasteiger partial charge in [-0.25, -0.2) is 4.79 Å². The Morgan fingerprint density at radius 3 is 2.77 bits per heavy atom. The fraction of sp³-hybridized carbons (Fsp3) is 0.471. The van der Waals surface area contributed by atoms with Crippen LogP contribution in [0.4, 0.5) is 4.79 Å². The van der Waals surface area contributed by atoms with Gasteiger partial charge in [0.2, 0.25) is 0 Å². The van der Waals surface area contributed by atoms with Gasteiger partial charge in [-0.15, -0.1) is 0 Å². The van der Waals surface area contributed by atoms with Crippen LogP contribution in [0.2, 0.25) is 5.02 Å². The van der Waals surface area contributed by atoms with Gasteiger partial charge < -0.3 is 15.7 Å². The highest BCUT2D eigenvalue weighted by atomic mass is 35.5. The smallest absolute Gasteiger partial charge is 0.315 e. The monoisotopic (exact) mass is 322 g/mol. The molecule has 1 aliphatic rings. The maximum atomic E-state index is 11.9. The maximum absolute atomic E-state index is 11.9. The van der Waals surface area contributed by atoms with E-state index in [0.717, 1.165) is 17.7 Å². The number of benzene rings is 1. The summed E-state index contributed by atoms with van der Waals surface area (Å²) in [5.41, 5.74) is 1.75. The Morgan fingerprint density at radius 1 is 1.32 bits per heavy atom. The van der Waals surface area contributed by atoms with Gasteiger partial charge in [-0.1, -0.05) is 42.7 Å². The molecule has 2 rings (SSSR count). The van der Waals surface area contributed by atoms with E-state index in [4.69, 9.17) is 16.7 Å². The molecule has 0 radical (unpaired) electrons. The van der Waals surface area contributed by atoms with Gasteiger partial charge in [0.05, 0.1) is 6.61 Å². The van der Waals surface area contributed by atoms with Crippen molar-refractivity contribution in [3.8, 4) is 0 Å². The van der Waals surface area contributed by atoms with Crippen molar-refractivity contribution < 1.29 is 9.90 Å². The van der Waals surface area contributed by atoms with Crippen molar-refractivity contribution in [1.29, 1.82) is 0 Å². The van der Waals surface area contributed by atoms with E-state index in [-0.39, 0.29) is 12.6 Å². The fourth-order valence-corrected chi connectivity index (χ4v) is 2.97. The number of halogens is 1. The Bertz CT molecular complexity index is 525. The predicted octanol–water partition coefficient (Wildman–Crippen LogP) is 3.21. The van der Waals surface area contributed by atoms with Crippen LogP contribution in [0.15, 0.2) is 30.3 Å². The number of carbonyl (C=O) groups is 1. The number of carbonyl (C=O) groups excluding carboxylic acids is 1. The molecule has 1 aliphatic carbocycles. The Hall–Kier alpha value is -1.52. The zero-order valence-electron chi connectivity index (χ0n) is 12.6.